The van der Waals surface area contributed by atoms with Crippen LogP contribution in [0.1, 0.15) is 6.92 Å². The van der Waals surface area contributed by atoms with Crippen LogP contribution in [-0.4, -0.2) is 45.9 Å². The number of hydrogen-bond acceptors (Lipinski definition) is 8. The first kappa shape index (κ1) is 28.4. The fourth-order valence-electron chi connectivity index (χ4n) is 3.50. The summed E-state index contributed by atoms with van der Waals surface area (Å²) in [5.41, 5.74) is 0.407. The number of hydrogen-bond donors (Lipinski definition) is 2. The van der Waals surface area contributed by atoms with Gasteiger partial charge in [0.15, 0.2) is 0 Å². The van der Waals surface area contributed by atoms with Crippen molar-refractivity contribution in [1.82, 2.24) is 9.97 Å². The van der Waals surface area contributed by atoms with Gasteiger partial charge in [0.25, 0.3) is 20.0 Å². The molecule has 0 aliphatic rings. The van der Waals surface area contributed by atoms with Crippen molar-refractivity contribution in [3.05, 3.63) is 97.1 Å². The van der Waals surface area contributed by atoms with E-state index in [2.05, 4.69) is 20.0 Å². The van der Waals surface area contributed by atoms with Crippen LogP contribution in [0.4, 0.5) is 21.7 Å². The molecule has 4 aromatic rings. The van der Waals surface area contributed by atoms with Gasteiger partial charge in [-0.2, -0.15) is 0 Å². The molecule has 40 heavy (non-hydrogen) atoms. The van der Waals surface area contributed by atoms with Crippen molar-refractivity contribution in [3.8, 4) is 5.75 Å². The molecular formula is C26H24FN5O6S2. The molecule has 1 heterocycles. The van der Waals surface area contributed by atoms with Gasteiger partial charge in [-0.3, -0.25) is 9.10 Å². The number of amides is 1. The van der Waals surface area contributed by atoms with E-state index in [4.69, 9.17) is 4.74 Å². The largest absolute Gasteiger partial charge is 0.494 e. The third-order valence-corrected chi connectivity index (χ3v) is 8.50. The number of nitrogens with one attached hydrogen (secondary N) is 2. The van der Waals surface area contributed by atoms with Crippen molar-refractivity contribution in [2.75, 3.05) is 27.5 Å². The third-order valence-electron chi connectivity index (χ3n) is 5.36. The van der Waals surface area contributed by atoms with E-state index in [0.29, 0.717) is 12.4 Å². The SMILES string of the molecule is CCOc1ccc(N(CC(=O)Nc2ccc(S(=O)(=O)Nc3ncccn3)cc2)S(=O)(=O)c2ccc(F)cc2)cc1. The highest BCUT2D eigenvalue weighted by atomic mass is 32.2. The first-order chi connectivity index (χ1) is 19.1. The van der Waals surface area contributed by atoms with E-state index < -0.39 is 38.3 Å². The highest BCUT2D eigenvalue weighted by Gasteiger charge is 2.27. The molecule has 0 aliphatic heterocycles. The van der Waals surface area contributed by atoms with Gasteiger partial charge in [0.05, 0.1) is 22.1 Å². The molecule has 1 amide bonds. The summed E-state index contributed by atoms with van der Waals surface area (Å²) in [5, 5.41) is 2.57. The predicted octanol–water partition coefficient (Wildman–Crippen LogP) is 3.65. The Balaban J connectivity index is 1.54. The minimum atomic E-state index is -4.27. The number of carbonyl (C=O) groups excluding carboxylic acids is 1. The summed E-state index contributed by atoms with van der Waals surface area (Å²) in [5.74, 6) is -0.901. The Hall–Kier alpha value is -4.56. The van der Waals surface area contributed by atoms with Gasteiger partial charge in [0.2, 0.25) is 11.9 Å². The number of carbonyl (C=O) groups is 1. The average Bonchev–Trinajstić information content (AvgIpc) is 2.93. The van der Waals surface area contributed by atoms with Crippen molar-refractivity contribution < 1.29 is 30.8 Å². The first-order valence-electron chi connectivity index (χ1n) is 11.8. The molecule has 2 N–H and O–H groups in total. The van der Waals surface area contributed by atoms with Crippen molar-refractivity contribution in [1.29, 1.82) is 0 Å². The lowest BCUT2D eigenvalue weighted by Crippen LogP contribution is -2.38. The zero-order chi connectivity index (χ0) is 28.8. The average molecular weight is 586 g/mol. The molecule has 0 fully saturated rings. The van der Waals surface area contributed by atoms with Crippen LogP contribution in [0.3, 0.4) is 0 Å². The van der Waals surface area contributed by atoms with E-state index in [-0.39, 0.29) is 27.1 Å². The van der Waals surface area contributed by atoms with Gasteiger partial charge in [-0.1, -0.05) is 0 Å². The standard InChI is InChI=1S/C26H24FN5O6S2/c1-2-38-22-10-8-21(9-11-22)32(40(36,37)24-12-4-19(27)5-13-24)18-25(33)30-20-6-14-23(15-7-20)39(34,35)31-26-28-16-3-17-29-26/h3-17H,2,18H2,1H3,(H,30,33)(H,28,29,31). The number of nitrogens with zero attached hydrogens (tertiary/aromatic N) is 3. The quantitative estimate of drug-likeness (QED) is 0.271. The van der Waals surface area contributed by atoms with Crippen LogP contribution >= 0.6 is 0 Å². The molecular weight excluding hydrogens is 561 g/mol. The Labute approximate surface area is 230 Å². The van der Waals surface area contributed by atoms with Crippen LogP contribution in [0, 0.1) is 5.82 Å². The molecule has 0 bridgehead atoms. The second-order valence-electron chi connectivity index (χ2n) is 8.14. The lowest BCUT2D eigenvalue weighted by molar-refractivity contribution is -0.114. The van der Waals surface area contributed by atoms with E-state index in [9.17, 15) is 26.0 Å². The van der Waals surface area contributed by atoms with Gasteiger partial charge in [-0.15, -0.1) is 0 Å². The Morgan fingerprint density at radius 1 is 0.875 bits per heavy atom. The summed E-state index contributed by atoms with van der Waals surface area (Å²) in [6.45, 7) is 1.59. The molecule has 1 aromatic heterocycles. The van der Waals surface area contributed by atoms with Crippen LogP contribution < -0.4 is 19.1 Å². The Morgan fingerprint density at radius 2 is 1.48 bits per heavy atom. The summed E-state index contributed by atoms with van der Waals surface area (Å²) in [7, 11) is -8.26. The maximum absolute atomic E-state index is 13.5. The predicted molar refractivity (Wildman–Crippen MR) is 146 cm³/mol. The van der Waals surface area contributed by atoms with E-state index in [1.807, 2.05) is 0 Å². The van der Waals surface area contributed by atoms with Gasteiger partial charge >= 0.3 is 0 Å². The molecule has 0 spiro atoms. The normalized spacial score (nSPS) is 11.4. The van der Waals surface area contributed by atoms with Crippen LogP contribution in [-0.2, 0) is 24.8 Å². The number of rotatable bonds is 11. The van der Waals surface area contributed by atoms with Gasteiger partial charge in [-0.25, -0.2) is 35.9 Å². The molecule has 0 saturated carbocycles. The van der Waals surface area contributed by atoms with Gasteiger partial charge in [-0.05, 0) is 85.8 Å². The first-order valence-corrected chi connectivity index (χ1v) is 14.7. The molecule has 0 saturated heterocycles. The van der Waals surface area contributed by atoms with E-state index in [1.54, 1.807) is 19.1 Å². The molecule has 11 nitrogen and oxygen atoms in total. The van der Waals surface area contributed by atoms with E-state index >= 15 is 0 Å². The molecule has 14 heteroatoms. The summed E-state index contributed by atoms with van der Waals surface area (Å²) in [6.07, 6.45) is 2.77. The Bertz CT molecular complexity index is 1670. The number of benzene rings is 3. The van der Waals surface area contributed by atoms with Crippen LogP contribution in [0.15, 0.2) is 101 Å². The second kappa shape index (κ2) is 12.1. The number of aromatic nitrogens is 2. The van der Waals surface area contributed by atoms with Gasteiger partial charge in [0.1, 0.15) is 18.1 Å². The zero-order valence-electron chi connectivity index (χ0n) is 21.1. The molecule has 0 radical (unpaired) electrons. The Kier molecular flexibility index (Phi) is 8.60. The minimum Gasteiger partial charge on any atom is -0.494 e. The van der Waals surface area contributed by atoms with Gasteiger partial charge < -0.3 is 10.1 Å². The number of ether oxygens (including phenoxy) is 1. The molecule has 208 valence electrons. The lowest BCUT2D eigenvalue weighted by atomic mass is 10.3. The van der Waals surface area contributed by atoms with Crippen molar-refractivity contribution >= 4 is 43.3 Å². The summed E-state index contributed by atoms with van der Waals surface area (Å²) >= 11 is 0. The van der Waals surface area contributed by atoms with E-state index in [0.717, 1.165) is 28.6 Å². The molecule has 0 unspecified atom stereocenters. The second-order valence-corrected chi connectivity index (χ2v) is 11.7. The molecule has 0 atom stereocenters. The van der Waals surface area contributed by atoms with Crippen molar-refractivity contribution in [2.24, 2.45) is 0 Å². The molecule has 3 aromatic carbocycles. The maximum Gasteiger partial charge on any atom is 0.264 e. The van der Waals surface area contributed by atoms with E-state index in [1.165, 1.54) is 54.9 Å². The third kappa shape index (κ3) is 6.90. The van der Waals surface area contributed by atoms with Crippen LogP contribution in [0.2, 0.25) is 0 Å². The number of sulfonamides is 2. The van der Waals surface area contributed by atoms with Crippen LogP contribution in [0.5, 0.6) is 5.75 Å². The molecule has 0 aliphatic carbocycles. The topological polar surface area (TPSA) is 148 Å². The lowest BCUT2D eigenvalue weighted by Gasteiger charge is -2.24. The maximum atomic E-state index is 13.5. The smallest absolute Gasteiger partial charge is 0.264 e. The van der Waals surface area contributed by atoms with Crippen molar-refractivity contribution in [3.63, 3.8) is 0 Å². The Morgan fingerprint density at radius 3 is 2.08 bits per heavy atom. The van der Waals surface area contributed by atoms with Crippen LogP contribution in [0.25, 0.3) is 0 Å². The highest BCUT2D eigenvalue weighted by Crippen LogP contribution is 2.26. The fraction of sp³-hybridized carbons (Fsp3) is 0.115. The number of anilines is 3. The summed E-state index contributed by atoms with van der Waals surface area (Å²) in [6, 6.07) is 17.1. The molecule has 4 rings (SSSR count). The zero-order valence-corrected chi connectivity index (χ0v) is 22.7. The summed E-state index contributed by atoms with van der Waals surface area (Å²) < 4.78 is 74.1. The monoisotopic (exact) mass is 585 g/mol. The summed E-state index contributed by atoms with van der Waals surface area (Å²) in [4.78, 5) is 20.3. The van der Waals surface area contributed by atoms with Crippen molar-refractivity contribution in [2.45, 2.75) is 16.7 Å². The van der Waals surface area contributed by atoms with Gasteiger partial charge in [0, 0.05) is 18.1 Å². The minimum absolute atomic E-state index is 0.100. The number of halogens is 1. The fourth-order valence-corrected chi connectivity index (χ4v) is 5.88. The highest BCUT2D eigenvalue weighted by molar-refractivity contribution is 7.93.